The number of aryl methyl sites for hydroxylation is 1. The molecule has 0 saturated carbocycles. The number of Topliss-reactive ketones (excluding diaryl/α,β-unsaturated/α-hetero) is 1. The molecule has 3 heterocycles. The molecule has 202 valence electrons. The number of pyridine rings is 1. The molecule has 2 aliphatic heterocycles. The second-order valence-electron chi connectivity index (χ2n) is 10.1. The van der Waals surface area contributed by atoms with E-state index in [-0.39, 0.29) is 11.3 Å². The Bertz CT molecular complexity index is 1380. The number of aliphatic hydroxyl groups is 1. The number of carbonyl (C=O) groups is 2. The summed E-state index contributed by atoms with van der Waals surface area (Å²) in [5, 5.41) is 11.4. The number of anilines is 2. The van der Waals surface area contributed by atoms with E-state index in [9.17, 15) is 14.7 Å². The van der Waals surface area contributed by atoms with Gasteiger partial charge in [0.25, 0.3) is 11.7 Å². The van der Waals surface area contributed by atoms with E-state index in [4.69, 9.17) is 4.74 Å². The molecule has 8 heteroatoms. The number of ether oxygens (including phenoxy) is 1. The highest BCUT2D eigenvalue weighted by molar-refractivity contribution is 6.51. The summed E-state index contributed by atoms with van der Waals surface area (Å²) in [6.45, 7) is 8.36. The fraction of sp³-hybridized carbons (Fsp3) is 0.323. The zero-order valence-corrected chi connectivity index (χ0v) is 22.6. The summed E-state index contributed by atoms with van der Waals surface area (Å²) in [4.78, 5) is 37.1. The first kappa shape index (κ1) is 26.4. The van der Waals surface area contributed by atoms with Crippen LogP contribution < -0.4 is 14.5 Å². The van der Waals surface area contributed by atoms with Gasteiger partial charge in [-0.15, -0.1) is 0 Å². The number of aromatic nitrogens is 1. The van der Waals surface area contributed by atoms with Crippen LogP contribution in [0.15, 0.2) is 72.6 Å². The lowest BCUT2D eigenvalue weighted by Gasteiger charge is -2.34. The summed E-state index contributed by atoms with van der Waals surface area (Å²) in [7, 11) is 2.12. The van der Waals surface area contributed by atoms with Crippen LogP contribution in [-0.4, -0.2) is 66.5 Å². The van der Waals surface area contributed by atoms with Crippen LogP contribution in [0.1, 0.15) is 36.1 Å². The molecule has 1 amide bonds. The predicted molar refractivity (Wildman–Crippen MR) is 152 cm³/mol. The van der Waals surface area contributed by atoms with E-state index in [1.165, 1.54) is 4.90 Å². The first-order valence-electron chi connectivity index (χ1n) is 13.4. The van der Waals surface area contributed by atoms with E-state index in [0.717, 1.165) is 49.6 Å². The first-order valence-corrected chi connectivity index (χ1v) is 13.4. The molecule has 8 nitrogen and oxygen atoms in total. The molecule has 3 aromatic rings. The minimum Gasteiger partial charge on any atom is -0.507 e. The van der Waals surface area contributed by atoms with Crippen molar-refractivity contribution >= 4 is 28.8 Å². The number of likely N-dealkylation sites (N-methyl/N-ethyl adjacent to an activating group) is 1. The Balaban J connectivity index is 1.54. The summed E-state index contributed by atoms with van der Waals surface area (Å²) < 4.78 is 5.77. The summed E-state index contributed by atoms with van der Waals surface area (Å²) >= 11 is 0. The molecular weight excluding hydrogens is 492 g/mol. The average molecular weight is 527 g/mol. The van der Waals surface area contributed by atoms with Crippen molar-refractivity contribution in [1.29, 1.82) is 0 Å². The minimum absolute atomic E-state index is 0.0518. The molecule has 0 radical (unpaired) electrons. The molecular formula is C31H34N4O4. The number of benzene rings is 2. The minimum atomic E-state index is -0.793. The number of aliphatic hydroxyl groups excluding tert-OH is 1. The Morgan fingerprint density at radius 3 is 2.28 bits per heavy atom. The Hall–Kier alpha value is -4.17. The van der Waals surface area contributed by atoms with Gasteiger partial charge in [-0.25, -0.2) is 0 Å². The largest absolute Gasteiger partial charge is 0.507 e. The van der Waals surface area contributed by atoms with Crippen molar-refractivity contribution in [2.24, 2.45) is 0 Å². The highest BCUT2D eigenvalue weighted by atomic mass is 16.5. The van der Waals surface area contributed by atoms with Crippen LogP contribution in [0.2, 0.25) is 0 Å². The number of amides is 1. The van der Waals surface area contributed by atoms with Gasteiger partial charge >= 0.3 is 0 Å². The Morgan fingerprint density at radius 2 is 1.64 bits per heavy atom. The van der Waals surface area contributed by atoms with Crippen molar-refractivity contribution in [3.8, 4) is 5.75 Å². The molecule has 0 spiro atoms. The summed E-state index contributed by atoms with van der Waals surface area (Å²) in [6, 6.07) is 15.7. The zero-order chi connectivity index (χ0) is 27.5. The molecule has 39 heavy (non-hydrogen) atoms. The third-order valence-electron chi connectivity index (χ3n) is 7.37. The van der Waals surface area contributed by atoms with Crippen LogP contribution >= 0.6 is 0 Å². The number of carbonyl (C=O) groups excluding carboxylic acids is 2. The number of piperazine rings is 1. The molecule has 2 aromatic carbocycles. The number of hydrogen-bond donors (Lipinski definition) is 1. The number of rotatable bonds is 7. The van der Waals surface area contributed by atoms with Crippen LogP contribution in [0, 0.1) is 6.92 Å². The van der Waals surface area contributed by atoms with E-state index >= 15 is 0 Å². The highest BCUT2D eigenvalue weighted by Gasteiger charge is 2.47. The highest BCUT2D eigenvalue weighted by Crippen LogP contribution is 2.42. The second-order valence-corrected chi connectivity index (χ2v) is 10.1. The lowest BCUT2D eigenvalue weighted by atomic mass is 9.95. The molecule has 5 rings (SSSR count). The van der Waals surface area contributed by atoms with Crippen LogP contribution in [-0.2, 0) is 9.59 Å². The lowest BCUT2D eigenvalue weighted by Crippen LogP contribution is -2.44. The normalized spacial score (nSPS) is 19.5. The molecule has 1 unspecified atom stereocenters. The number of nitrogens with zero attached hydrogens (tertiary/aromatic N) is 4. The summed E-state index contributed by atoms with van der Waals surface area (Å²) in [5.41, 5.74) is 3.70. The van der Waals surface area contributed by atoms with Gasteiger partial charge in [-0.3, -0.25) is 19.5 Å². The maximum Gasteiger partial charge on any atom is 0.300 e. The van der Waals surface area contributed by atoms with Crippen molar-refractivity contribution in [2.45, 2.75) is 26.3 Å². The van der Waals surface area contributed by atoms with Gasteiger partial charge in [0, 0.05) is 55.5 Å². The fourth-order valence-corrected chi connectivity index (χ4v) is 5.17. The molecule has 1 atom stereocenters. The van der Waals surface area contributed by atoms with Gasteiger partial charge in [-0.2, -0.15) is 0 Å². The third kappa shape index (κ3) is 5.25. The molecule has 1 N–H and O–H groups in total. The zero-order valence-electron chi connectivity index (χ0n) is 22.6. The van der Waals surface area contributed by atoms with Gasteiger partial charge in [0.1, 0.15) is 11.5 Å². The summed E-state index contributed by atoms with van der Waals surface area (Å²) in [5.74, 6) is -0.886. The SMILES string of the molecule is CCCOc1ccc(/C(O)=C2/C(=O)C(=O)N(c3ccc(N4CCN(C)CC4)cc3)C2c2ccncc2)cc1C. The molecule has 0 aliphatic carbocycles. The van der Waals surface area contributed by atoms with Crippen LogP contribution in [0.5, 0.6) is 5.75 Å². The fourth-order valence-electron chi connectivity index (χ4n) is 5.17. The monoisotopic (exact) mass is 526 g/mol. The van der Waals surface area contributed by atoms with Crippen LogP contribution in [0.3, 0.4) is 0 Å². The predicted octanol–water partition coefficient (Wildman–Crippen LogP) is 4.56. The lowest BCUT2D eigenvalue weighted by molar-refractivity contribution is -0.132. The Kier molecular flexibility index (Phi) is 7.65. The molecule has 0 bridgehead atoms. The average Bonchev–Trinajstić information content (AvgIpc) is 3.23. The van der Waals surface area contributed by atoms with Gasteiger partial charge in [0.15, 0.2) is 0 Å². The Labute approximate surface area is 229 Å². The molecule has 2 fully saturated rings. The quantitative estimate of drug-likeness (QED) is 0.274. The maximum absolute atomic E-state index is 13.5. The van der Waals surface area contributed by atoms with Crippen molar-refractivity contribution in [3.05, 3.63) is 89.3 Å². The van der Waals surface area contributed by atoms with Crippen LogP contribution in [0.4, 0.5) is 11.4 Å². The maximum atomic E-state index is 13.5. The van der Waals surface area contributed by atoms with E-state index in [1.54, 1.807) is 42.7 Å². The molecule has 2 saturated heterocycles. The third-order valence-corrected chi connectivity index (χ3v) is 7.37. The first-order chi connectivity index (χ1) is 18.9. The number of ketones is 1. The van der Waals surface area contributed by atoms with Crippen molar-refractivity contribution in [1.82, 2.24) is 9.88 Å². The van der Waals surface area contributed by atoms with E-state index in [0.29, 0.717) is 23.4 Å². The van der Waals surface area contributed by atoms with Crippen molar-refractivity contribution in [2.75, 3.05) is 49.6 Å². The second kappa shape index (κ2) is 11.3. The smallest absolute Gasteiger partial charge is 0.300 e. The van der Waals surface area contributed by atoms with Gasteiger partial charge < -0.3 is 19.6 Å². The topological polar surface area (TPSA) is 86.2 Å². The molecule has 2 aliphatic rings. The van der Waals surface area contributed by atoms with Crippen molar-refractivity contribution in [3.63, 3.8) is 0 Å². The van der Waals surface area contributed by atoms with E-state index in [2.05, 4.69) is 21.8 Å². The van der Waals surface area contributed by atoms with Crippen LogP contribution in [0.25, 0.3) is 5.76 Å². The van der Waals surface area contributed by atoms with Crippen molar-refractivity contribution < 1.29 is 19.4 Å². The van der Waals surface area contributed by atoms with Gasteiger partial charge in [-0.05, 0) is 86.1 Å². The standard InChI is InChI=1S/C31H34N4O4/c1-4-19-39-26-10-5-23(20-21(26)2)29(36)27-28(22-11-13-32-14-12-22)35(31(38)30(27)37)25-8-6-24(7-9-25)34-17-15-33(3)16-18-34/h5-14,20,28,36H,4,15-19H2,1-3H3/b29-27-. The van der Waals surface area contributed by atoms with Gasteiger partial charge in [0.05, 0.1) is 18.2 Å². The Morgan fingerprint density at radius 1 is 0.974 bits per heavy atom. The summed E-state index contributed by atoms with van der Waals surface area (Å²) in [6.07, 6.45) is 4.12. The van der Waals surface area contributed by atoms with E-state index < -0.39 is 17.7 Å². The van der Waals surface area contributed by atoms with E-state index in [1.807, 2.05) is 38.1 Å². The van der Waals surface area contributed by atoms with Gasteiger partial charge in [-0.1, -0.05) is 6.92 Å². The number of hydrogen-bond acceptors (Lipinski definition) is 7. The van der Waals surface area contributed by atoms with Gasteiger partial charge in [0.2, 0.25) is 0 Å². The molecule has 1 aromatic heterocycles.